The van der Waals surface area contributed by atoms with Gasteiger partial charge >= 0.3 is 6.09 Å². The van der Waals surface area contributed by atoms with Gasteiger partial charge in [-0.15, -0.1) is 24.0 Å². The molecule has 25 heavy (non-hydrogen) atoms. The van der Waals surface area contributed by atoms with E-state index in [0.717, 1.165) is 6.54 Å². The number of carbonyl (C=O) groups excluding carboxylic acids is 1. The molecule has 0 fully saturated rings. The van der Waals surface area contributed by atoms with Gasteiger partial charge in [-0.3, -0.25) is 4.99 Å². The van der Waals surface area contributed by atoms with Crippen LogP contribution in [-0.2, 0) is 9.47 Å². The molecule has 0 aromatic rings. The van der Waals surface area contributed by atoms with E-state index in [-0.39, 0.29) is 29.6 Å². The summed E-state index contributed by atoms with van der Waals surface area (Å²) in [5.41, 5.74) is -1.34. The summed E-state index contributed by atoms with van der Waals surface area (Å²) in [6.07, 6.45) is -0.434. The molecular formula is C17H37IN4O3. The molecule has 0 rings (SSSR count). The molecule has 0 aliphatic carbocycles. The molecule has 0 aliphatic rings. The van der Waals surface area contributed by atoms with Crippen LogP contribution in [0.25, 0.3) is 0 Å². The van der Waals surface area contributed by atoms with Crippen LogP contribution in [0.3, 0.4) is 0 Å². The summed E-state index contributed by atoms with van der Waals surface area (Å²) in [6, 6.07) is 0. The quantitative estimate of drug-likeness (QED) is 0.302. The van der Waals surface area contributed by atoms with Crippen molar-refractivity contribution >= 4 is 36.0 Å². The minimum Gasteiger partial charge on any atom is -0.444 e. The van der Waals surface area contributed by atoms with E-state index in [4.69, 9.17) is 9.47 Å². The van der Waals surface area contributed by atoms with Crippen LogP contribution in [0, 0.1) is 0 Å². The smallest absolute Gasteiger partial charge is 0.408 e. The molecule has 0 radical (unpaired) electrons. The van der Waals surface area contributed by atoms with Crippen molar-refractivity contribution in [1.29, 1.82) is 0 Å². The summed E-state index contributed by atoms with van der Waals surface area (Å²) >= 11 is 0. The number of rotatable bonds is 7. The van der Waals surface area contributed by atoms with Crippen molar-refractivity contribution in [3.8, 4) is 0 Å². The number of amides is 1. The topological polar surface area (TPSA) is 84.0 Å². The molecule has 0 atom stereocenters. The Kier molecular flexibility index (Phi) is 11.7. The van der Waals surface area contributed by atoms with E-state index in [1.54, 1.807) is 7.11 Å². The van der Waals surface area contributed by atoms with Crippen molar-refractivity contribution < 1.29 is 14.3 Å². The third kappa shape index (κ3) is 14.1. The summed E-state index contributed by atoms with van der Waals surface area (Å²) in [5.74, 6) is 0.682. The summed E-state index contributed by atoms with van der Waals surface area (Å²) in [4.78, 5) is 16.4. The number of carbonyl (C=O) groups is 1. The fourth-order valence-electron chi connectivity index (χ4n) is 1.60. The molecule has 150 valence electrons. The van der Waals surface area contributed by atoms with Gasteiger partial charge in [-0.25, -0.2) is 4.79 Å². The minimum absolute atomic E-state index is 0. The van der Waals surface area contributed by atoms with Crippen molar-refractivity contribution in [2.75, 3.05) is 26.7 Å². The Bertz CT molecular complexity index is 432. The van der Waals surface area contributed by atoms with Crippen LogP contribution in [0.1, 0.15) is 55.4 Å². The lowest BCUT2D eigenvalue weighted by Crippen LogP contribution is -2.54. The number of nitrogens with zero attached hydrogens (tertiary/aromatic N) is 1. The number of aliphatic imine (C=N–C) groups is 1. The van der Waals surface area contributed by atoms with Crippen LogP contribution in [-0.4, -0.2) is 55.5 Å². The second-order valence-corrected chi connectivity index (χ2v) is 8.02. The summed E-state index contributed by atoms with van der Waals surface area (Å²) in [5, 5.41) is 9.28. The largest absolute Gasteiger partial charge is 0.444 e. The van der Waals surface area contributed by atoms with Crippen LogP contribution in [0.2, 0.25) is 0 Å². The maximum Gasteiger partial charge on any atom is 0.408 e. The number of alkyl carbamates (subject to hydrolysis) is 1. The van der Waals surface area contributed by atoms with Gasteiger partial charge in [0.15, 0.2) is 5.96 Å². The number of ether oxygens (including phenoxy) is 2. The SMILES string of the molecule is CCNC(=NCC(C)(C)OC)NCC(C)(C)NC(=O)OC(C)(C)C.I. The number of guanidine groups is 1. The van der Waals surface area contributed by atoms with Crippen LogP contribution >= 0.6 is 24.0 Å². The maximum absolute atomic E-state index is 11.9. The van der Waals surface area contributed by atoms with E-state index in [2.05, 4.69) is 20.9 Å². The Hall–Kier alpha value is -0.770. The maximum atomic E-state index is 11.9. The standard InChI is InChI=1S/C17H36N4O3.HI/c1-10-18-13(20-12-17(7,8)23-9)19-11-16(5,6)21-14(22)24-15(2,3)4;/h10-12H2,1-9H3,(H,21,22)(H2,18,19,20);1H. The van der Waals surface area contributed by atoms with Crippen molar-refractivity contribution in [3.63, 3.8) is 0 Å². The molecule has 0 unspecified atom stereocenters. The molecule has 0 aromatic carbocycles. The number of hydrogen-bond acceptors (Lipinski definition) is 4. The van der Waals surface area contributed by atoms with E-state index in [9.17, 15) is 4.79 Å². The molecule has 8 heteroatoms. The first-order chi connectivity index (χ1) is 10.8. The molecule has 0 bridgehead atoms. The number of methoxy groups -OCH3 is 1. The Balaban J connectivity index is 0. The average Bonchev–Trinajstić information content (AvgIpc) is 2.39. The Morgan fingerprint density at radius 3 is 2.04 bits per heavy atom. The summed E-state index contributed by atoms with van der Waals surface area (Å²) in [7, 11) is 1.67. The fraction of sp³-hybridized carbons (Fsp3) is 0.882. The van der Waals surface area contributed by atoms with E-state index in [1.165, 1.54) is 0 Å². The van der Waals surface area contributed by atoms with E-state index in [0.29, 0.717) is 19.0 Å². The number of nitrogens with one attached hydrogen (secondary N) is 3. The molecule has 0 aliphatic heterocycles. The highest BCUT2D eigenvalue weighted by molar-refractivity contribution is 14.0. The third-order valence-corrected chi connectivity index (χ3v) is 3.05. The third-order valence-electron chi connectivity index (χ3n) is 3.05. The molecule has 0 aromatic heterocycles. The normalized spacial score (nSPS) is 12.9. The van der Waals surface area contributed by atoms with Crippen molar-refractivity contribution in [2.45, 2.75) is 72.1 Å². The van der Waals surface area contributed by atoms with Gasteiger partial charge in [0.25, 0.3) is 0 Å². The van der Waals surface area contributed by atoms with Crippen LogP contribution in [0.15, 0.2) is 4.99 Å². The molecule has 3 N–H and O–H groups in total. The Morgan fingerprint density at radius 2 is 1.60 bits per heavy atom. The first-order valence-electron chi connectivity index (χ1n) is 8.39. The summed E-state index contributed by atoms with van der Waals surface area (Å²) in [6.45, 7) is 17.1. The van der Waals surface area contributed by atoms with Crippen LogP contribution < -0.4 is 16.0 Å². The zero-order valence-corrected chi connectivity index (χ0v) is 19.5. The molecular weight excluding hydrogens is 435 g/mol. The fourth-order valence-corrected chi connectivity index (χ4v) is 1.60. The van der Waals surface area contributed by atoms with Gasteiger partial charge in [0.1, 0.15) is 5.60 Å². The van der Waals surface area contributed by atoms with Gasteiger partial charge in [-0.05, 0) is 55.4 Å². The monoisotopic (exact) mass is 472 g/mol. The Labute approximate surface area is 170 Å². The molecule has 0 saturated heterocycles. The predicted octanol–water partition coefficient (Wildman–Crippen LogP) is 2.89. The van der Waals surface area contributed by atoms with E-state index < -0.39 is 17.2 Å². The second-order valence-electron chi connectivity index (χ2n) is 8.02. The highest BCUT2D eigenvalue weighted by atomic mass is 127. The first-order valence-corrected chi connectivity index (χ1v) is 8.39. The number of hydrogen-bond donors (Lipinski definition) is 3. The lowest BCUT2D eigenvalue weighted by Gasteiger charge is -2.29. The van der Waals surface area contributed by atoms with Gasteiger partial charge in [0, 0.05) is 20.2 Å². The van der Waals surface area contributed by atoms with Crippen molar-refractivity contribution in [2.24, 2.45) is 4.99 Å². The molecule has 7 nitrogen and oxygen atoms in total. The highest BCUT2D eigenvalue weighted by Crippen LogP contribution is 2.09. The van der Waals surface area contributed by atoms with E-state index in [1.807, 2.05) is 55.4 Å². The minimum atomic E-state index is -0.518. The van der Waals surface area contributed by atoms with Crippen molar-refractivity contribution in [3.05, 3.63) is 0 Å². The average molecular weight is 472 g/mol. The highest BCUT2D eigenvalue weighted by Gasteiger charge is 2.25. The molecule has 1 amide bonds. The van der Waals surface area contributed by atoms with Gasteiger partial charge in [0.2, 0.25) is 0 Å². The second kappa shape index (κ2) is 11.1. The van der Waals surface area contributed by atoms with Crippen molar-refractivity contribution in [1.82, 2.24) is 16.0 Å². The van der Waals surface area contributed by atoms with Gasteiger partial charge in [-0.2, -0.15) is 0 Å². The summed E-state index contributed by atoms with van der Waals surface area (Å²) < 4.78 is 10.7. The first kappa shape index (κ1) is 26.5. The Morgan fingerprint density at radius 1 is 1.04 bits per heavy atom. The van der Waals surface area contributed by atoms with E-state index >= 15 is 0 Å². The zero-order valence-electron chi connectivity index (χ0n) is 17.2. The van der Waals surface area contributed by atoms with Gasteiger partial charge in [0.05, 0.1) is 17.7 Å². The predicted molar refractivity (Wildman–Crippen MR) is 114 cm³/mol. The molecule has 0 heterocycles. The van der Waals surface area contributed by atoms with Gasteiger partial charge in [-0.1, -0.05) is 0 Å². The lowest BCUT2D eigenvalue weighted by atomic mass is 10.1. The molecule has 0 spiro atoms. The lowest BCUT2D eigenvalue weighted by molar-refractivity contribution is 0.0310. The zero-order chi connectivity index (χ0) is 19.0. The van der Waals surface area contributed by atoms with Gasteiger partial charge < -0.3 is 25.4 Å². The number of halogens is 1. The molecule has 0 saturated carbocycles. The van der Waals surface area contributed by atoms with Crippen LogP contribution in [0.4, 0.5) is 4.79 Å². The van der Waals surface area contributed by atoms with Crippen LogP contribution in [0.5, 0.6) is 0 Å².